The molecule has 1 aliphatic rings. The summed E-state index contributed by atoms with van der Waals surface area (Å²) >= 11 is 0. The summed E-state index contributed by atoms with van der Waals surface area (Å²) in [6.07, 6.45) is -2.03. The SMILES string of the molecule is Cc1nc2ncnc(N[C@H](C)c3cccc(C(F)(F)F)c3F)c2cc1C1(C#N)CC1. The van der Waals surface area contributed by atoms with Gasteiger partial charge in [-0.05, 0) is 44.4 Å². The van der Waals surface area contributed by atoms with Crippen molar-refractivity contribution in [2.24, 2.45) is 0 Å². The monoisotopic (exact) mass is 415 g/mol. The zero-order chi connectivity index (χ0) is 21.7. The molecule has 5 nitrogen and oxygen atoms in total. The molecular weight excluding hydrogens is 398 g/mol. The van der Waals surface area contributed by atoms with Gasteiger partial charge in [0.1, 0.15) is 18.0 Å². The molecule has 1 aliphatic carbocycles. The lowest BCUT2D eigenvalue weighted by Gasteiger charge is -2.19. The highest BCUT2D eigenvalue weighted by atomic mass is 19.4. The molecule has 0 radical (unpaired) electrons. The van der Waals surface area contributed by atoms with Crippen molar-refractivity contribution in [3.8, 4) is 6.07 Å². The Labute approximate surface area is 169 Å². The van der Waals surface area contributed by atoms with Crippen molar-refractivity contribution in [3.63, 3.8) is 0 Å². The number of benzene rings is 1. The third kappa shape index (κ3) is 3.32. The van der Waals surface area contributed by atoms with Crippen LogP contribution >= 0.6 is 0 Å². The van der Waals surface area contributed by atoms with Gasteiger partial charge in [-0.2, -0.15) is 18.4 Å². The van der Waals surface area contributed by atoms with Crippen molar-refractivity contribution in [3.05, 3.63) is 58.8 Å². The Balaban J connectivity index is 1.75. The van der Waals surface area contributed by atoms with Crippen molar-refractivity contribution in [2.45, 2.75) is 44.3 Å². The summed E-state index contributed by atoms with van der Waals surface area (Å²) in [4.78, 5) is 12.8. The van der Waals surface area contributed by atoms with E-state index in [4.69, 9.17) is 0 Å². The average Bonchev–Trinajstić information content (AvgIpc) is 3.48. The van der Waals surface area contributed by atoms with E-state index in [1.54, 1.807) is 13.0 Å². The zero-order valence-corrected chi connectivity index (χ0v) is 16.2. The van der Waals surface area contributed by atoms with Crippen LogP contribution in [0.15, 0.2) is 30.6 Å². The van der Waals surface area contributed by atoms with Gasteiger partial charge in [0.25, 0.3) is 0 Å². The van der Waals surface area contributed by atoms with Crippen LogP contribution in [0.3, 0.4) is 0 Å². The predicted molar refractivity (Wildman–Crippen MR) is 102 cm³/mol. The minimum atomic E-state index is -4.78. The fourth-order valence-electron chi connectivity index (χ4n) is 3.63. The van der Waals surface area contributed by atoms with Gasteiger partial charge in [0.2, 0.25) is 0 Å². The average molecular weight is 415 g/mol. The summed E-state index contributed by atoms with van der Waals surface area (Å²) in [5.74, 6) is -1.01. The number of nitrogens with one attached hydrogen (secondary N) is 1. The Bertz CT molecular complexity index is 1180. The Kier molecular flexibility index (Phi) is 4.60. The highest BCUT2D eigenvalue weighted by molar-refractivity contribution is 5.87. The normalized spacial score (nSPS) is 16.2. The molecule has 0 bridgehead atoms. The lowest BCUT2D eigenvalue weighted by atomic mass is 9.95. The fourth-order valence-corrected chi connectivity index (χ4v) is 3.63. The van der Waals surface area contributed by atoms with Crippen LogP contribution in [0.25, 0.3) is 11.0 Å². The number of nitrogens with zero attached hydrogens (tertiary/aromatic N) is 4. The molecule has 2 heterocycles. The largest absolute Gasteiger partial charge is 0.419 e. The molecule has 4 rings (SSSR count). The van der Waals surface area contributed by atoms with Crippen molar-refractivity contribution in [1.82, 2.24) is 15.0 Å². The quantitative estimate of drug-likeness (QED) is 0.592. The first-order valence-corrected chi connectivity index (χ1v) is 9.32. The summed E-state index contributed by atoms with van der Waals surface area (Å²) in [6, 6.07) is 6.50. The number of halogens is 4. The summed E-state index contributed by atoms with van der Waals surface area (Å²) in [5.41, 5.74) is -0.148. The van der Waals surface area contributed by atoms with E-state index in [0.717, 1.165) is 18.4 Å². The number of aryl methyl sites for hydroxylation is 1. The Hall–Kier alpha value is -3.28. The number of pyridine rings is 1. The van der Waals surface area contributed by atoms with Crippen molar-refractivity contribution in [1.29, 1.82) is 5.26 Å². The molecule has 1 fully saturated rings. The highest BCUT2D eigenvalue weighted by Gasteiger charge is 2.46. The van der Waals surface area contributed by atoms with Crippen LogP contribution in [0.1, 0.15) is 48.2 Å². The predicted octanol–water partition coefficient (Wildman–Crippen LogP) is 5.22. The molecule has 0 unspecified atom stereocenters. The van der Waals surface area contributed by atoms with Crippen LogP contribution < -0.4 is 5.32 Å². The van der Waals surface area contributed by atoms with Crippen LogP contribution in [0, 0.1) is 24.1 Å². The molecule has 1 N–H and O–H groups in total. The van der Waals surface area contributed by atoms with Crippen LogP contribution in [-0.4, -0.2) is 15.0 Å². The number of rotatable bonds is 4. The number of fused-ring (bicyclic) bond motifs is 1. The first-order valence-electron chi connectivity index (χ1n) is 9.32. The molecule has 154 valence electrons. The maximum atomic E-state index is 14.5. The second kappa shape index (κ2) is 6.90. The van der Waals surface area contributed by atoms with Crippen LogP contribution in [0.2, 0.25) is 0 Å². The summed E-state index contributed by atoms with van der Waals surface area (Å²) < 4.78 is 53.7. The lowest BCUT2D eigenvalue weighted by molar-refractivity contribution is -0.140. The van der Waals surface area contributed by atoms with Crippen molar-refractivity contribution >= 4 is 16.9 Å². The van der Waals surface area contributed by atoms with Crippen LogP contribution in [-0.2, 0) is 11.6 Å². The van der Waals surface area contributed by atoms with Gasteiger partial charge in [-0.3, -0.25) is 0 Å². The minimum Gasteiger partial charge on any atom is -0.363 e. The van der Waals surface area contributed by atoms with E-state index in [-0.39, 0.29) is 5.56 Å². The molecule has 2 aromatic heterocycles. The van der Waals surface area contributed by atoms with Gasteiger partial charge in [-0.1, -0.05) is 12.1 Å². The number of alkyl halides is 3. The topological polar surface area (TPSA) is 74.5 Å². The van der Waals surface area contributed by atoms with Crippen LogP contribution in [0.4, 0.5) is 23.4 Å². The maximum absolute atomic E-state index is 14.5. The smallest absolute Gasteiger partial charge is 0.363 e. The molecule has 0 amide bonds. The summed E-state index contributed by atoms with van der Waals surface area (Å²) in [7, 11) is 0. The molecular formula is C21H17F4N5. The van der Waals surface area contributed by atoms with E-state index in [2.05, 4.69) is 26.3 Å². The van der Waals surface area contributed by atoms with Crippen molar-refractivity contribution < 1.29 is 17.6 Å². The molecule has 0 saturated heterocycles. The van der Waals surface area contributed by atoms with Gasteiger partial charge in [0, 0.05) is 11.3 Å². The molecule has 0 spiro atoms. The van der Waals surface area contributed by atoms with Crippen molar-refractivity contribution in [2.75, 3.05) is 5.32 Å². The summed E-state index contributed by atoms with van der Waals surface area (Å²) in [5, 5.41) is 13.0. The summed E-state index contributed by atoms with van der Waals surface area (Å²) in [6.45, 7) is 3.36. The van der Waals surface area contributed by atoms with E-state index in [1.165, 1.54) is 18.5 Å². The van der Waals surface area contributed by atoms with Gasteiger partial charge in [0.15, 0.2) is 5.65 Å². The highest BCUT2D eigenvalue weighted by Crippen LogP contribution is 2.49. The van der Waals surface area contributed by atoms with Gasteiger partial charge in [0.05, 0.1) is 28.5 Å². The molecule has 1 aromatic carbocycles. The van der Waals surface area contributed by atoms with Crippen LogP contribution in [0.5, 0.6) is 0 Å². The fraction of sp³-hybridized carbons (Fsp3) is 0.333. The first kappa shape index (κ1) is 20.0. The second-order valence-electron chi connectivity index (χ2n) is 7.48. The Morgan fingerprint density at radius 1 is 1.23 bits per heavy atom. The van der Waals surface area contributed by atoms with Gasteiger partial charge in [-0.15, -0.1) is 0 Å². The first-order chi connectivity index (χ1) is 14.2. The third-order valence-electron chi connectivity index (χ3n) is 5.45. The standard InChI is InChI=1S/C21H17F4N5/c1-11(13-4-3-5-15(17(13)22)21(23,24)25)29-18-14-8-16(20(9-26)6-7-20)12(2)30-19(14)28-10-27-18/h3-5,8,10-11H,6-7H2,1-2H3,(H,27,28,29,30)/t11-/m1/s1. The maximum Gasteiger partial charge on any atom is 0.419 e. The Morgan fingerprint density at radius 2 is 1.97 bits per heavy atom. The molecule has 3 aromatic rings. The zero-order valence-electron chi connectivity index (χ0n) is 16.2. The van der Waals surface area contributed by atoms with E-state index in [1.807, 2.05) is 6.92 Å². The van der Waals surface area contributed by atoms with E-state index in [0.29, 0.717) is 28.6 Å². The minimum absolute atomic E-state index is 0.132. The molecule has 1 saturated carbocycles. The molecule has 1 atom stereocenters. The van der Waals surface area contributed by atoms with Gasteiger partial charge < -0.3 is 5.32 Å². The van der Waals surface area contributed by atoms with E-state index >= 15 is 0 Å². The molecule has 0 aliphatic heterocycles. The number of hydrogen-bond donors (Lipinski definition) is 1. The van der Waals surface area contributed by atoms with Gasteiger partial charge >= 0.3 is 6.18 Å². The van der Waals surface area contributed by atoms with Gasteiger partial charge in [-0.25, -0.2) is 19.3 Å². The molecule has 30 heavy (non-hydrogen) atoms. The molecule has 9 heteroatoms. The number of aromatic nitrogens is 3. The third-order valence-corrected chi connectivity index (χ3v) is 5.45. The number of anilines is 1. The Morgan fingerprint density at radius 3 is 2.60 bits per heavy atom. The number of nitriles is 1. The second-order valence-corrected chi connectivity index (χ2v) is 7.48. The van der Waals surface area contributed by atoms with E-state index in [9.17, 15) is 22.8 Å². The van der Waals surface area contributed by atoms with E-state index < -0.39 is 29.0 Å². The lowest BCUT2D eigenvalue weighted by Crippen LogP contribution is -2.15. The number of hydrogen-bond acceptors (Lipinski definition) is 5.